The van der Waals surface area contributed by atoms with Gasteiger partial charge < -0.3 is 20.3 Å². The van der Waals surface area contributed by atoms with Crippen molar-refractivity contribution in [3.05, 3.63) is 0 Å². The number of amides is 2. The van der Waals surface area contributed by atoms with E-state index in [0.29, 0.717) is 13.2 Å². The number of nitrogens with zero attached hydrogens (tertiary/aromatic N) is 1. The third-order valence-corrected chi connectivity index (χ3v) is 3.11. The first-order valence-corrected chi connectivity index (χ1v) is 6.64. The van der Waals surface area contributed by atoms with Gasteiger partial charge in [-0.25, -0.2) is 0 Å². The van der Waals surface area contributed by atoms with Crippen LogP contribution in [0.25, 0.3) is 0 Å². The minimum atomic E-state index is -4.46. The fourth-order valence-corrected chi connectivity index (χ4v) is 2.09. The second kappa shape index (κ2) is 7.60. The number of nitrogens with one attached hydrogen (secondary N) is 2. The van der Waals surface area contributed by atoms with Crippen LogP contribution in [0.15, 0.2) is 0 Å². The van der Waals surface area contributed by atoms with Crippen molar-refractivity contribution in [1.82, 2.24) is 15.5 Å². The topological polar surface area (TPSA) is 70.7 Å². The molecule has 1 heterocycles. The van der Waals surface area contributed by atoms with E-state index in [9.17, 15) is 22.8 Å². The molecule has 6 nitrogen and oxygen atoms in total. The minimum Gasteiger partial charge on any atom is -0.379 e. The number of rotatable bonds is 6. The standard InChI is InChI=1S/C12H20F3N3O3/c1-3-16-9-6-21-5-8(9)11(20)18(2)4-10(19)17-7-12(13,14)15/h8-9,16H,3-7H2,1-2H3,(H,17,19). The fraction of sp³-hybridized carbons (Fsp3) is 0.833. The molecular formula is C12H20F3N3O3. The van der Waals surface area contributed by atoms with E-state index in [4.69, 9.17) is 4.74 Å². The maximum atomic E-state index is 12.2. The summed E-state index contributed by atoms with van der Waals surface area (Å²) >= 11 is 0. The molecule has 2 N–H and O–H groups in total. The highest BCUT2D eigenvalue weighted by Crippen LogP contribution is 2.16. The zero-order chi connectivity index (χ0) is 16.0. The van der Waals surface area contributed by atoms with Gasteiger partial charge in [0.1, 0.15) is 6.54 Å². The number of likely N-dealkylation sites (N-methyl/N-ethyl adjacent to an activating group) is 2. The van der Waals surface area contributed by atoms with Crippen LogP contribution < -0.4 is 10.6 Å². The van der Waals surface area contributed by atoms with Crippen LogP contribution in [0.2, 0.25) is 0 Å². The van der Waals surface area contributed by atoms with Gasteiger partial charge >= 0.3 is 6.18 Å². The second-order valence-electron chi connectivity index (χ2n) is 4.89. The van der Waals surface area contributed by atoms with Gasteiger partial charge in [0.25, 0.3) is 0 Å². The van der Waals surface area contributed by atoms with Crippen molar-refractivity contribution in [2.45, 2.75) is 19.1 Å². The van der Waals surface area contributed by atoms with E-state index in [-0.39, 0.29) is 18.6 Å². The number of hydrogen-bond acceptors (Lipinski definition) is 4. The summed E-state index contributed by atoms with van der Waals surface area (Å²) in [5.74, 6) is -1.59. The first-order valence-electron chi connectivity index (χ1n) is 6.64. The second-order valence-corrected chi connectivity index (χ2v) is 4.89. The number of hydrogen-bond donors (Lipinski definition) is 2. The summed E-state index contributed by atoms with van der Waals surface area (Å²) in [5, 5.41) is 4.84. The number of halogens is 3. The molecule has 0 aromatic carbocycles. The van der Waals surface area contributed by atoms with Gasteiger partial charge in [-0.2, -0.15) is 13.2 Å². The maximum absolute atomic E-state index is 12.2. The zero-order valence-corrected chi connectivity index (χ0v) is 12.0. The van der Waals surface area contributed by atoms with Gasteiger partial charge in [-0.15, -0.1) is 0 Å². The average Bonchev–Trinajstić information content (AvgIpc) is 2.83. The summed E-state index contributed by atoms with van der Waals surface area (Å²) in [7, 11) is 1.39. The molecule has 0 aromatic heterocycles. The van der Waals surface area contributed by atoms with Crippen LogP contribution in [0.1, 0.15) is 6.92 Å². The lowest BCUT2D eigenvalue weighted by molar-refractivity contribution is -0.143. The first-order chi connectivity index (χ1) is 9.74. The zero-order valence-electron chi connectivity index (χ0n) is 12.0. The molecule has 2 atom stereocenters. The summed E-state index contributed by atoms with van der Waals surface area (Å²) in [5.41, 5.74) is 0. The Balaban J connectivity index is 2.45. The predicted octanol–water partition coefficient (Wildman–Crippen LogP) is -0.252. The lowest BCUT2D eigenvalue weighted by Gasteiger charge is -2.24. The van der Waals surface area contributed by atoms with Crippen LogP contribution in [0.3, 0.4) is 0 Å². The van der Waals surface area contributed by atoms with Gasteiger partial charge in [-0.1, -0.05) is 6.92 Å². The maximum Gasteiger partial charge on any atom is 0.405 e. The highest BCUT2D eigenvalue weighted by Gasteiger charge is 2.35. The lowest BCUT2D eigenvalue weighted by atomic mass is 10.0. The van der Waals surface area contributed by atoms with E-state index in [0.717, 1.165) is 4.90 Å². The Labute approximate surface area is 121 Å². The first kappa shape index (κ1) is 17.7. The monoisotopic (exact) mass is 311 g/mol. The van der Waals surface area contributed by atoms with E-state index < -0.39 is 31.1 Å². The molecule has 0 saturated carbocycles. The van der Waals surface area contributed by atoms with Gasteiger partial charge in [0, 0.05) is 13.1 Å². The van der Waals surface area contributed by atoms with Crippen LogP contribution in [0.5, 0.6) is 0 Å². The molecule has 0 bridgehead atoms. The number of alkyl halides is 3. The molecular weight excluding hydrogens is 291 g/mol. The van der Waals surface area contributed by atoms with Crippen molar-refractivity contribution in [3.63, 3.8) is 0 Å². The predicted molar refractivity (Wildman–Crippen MR) is 68.5 cm³/mol. The van der Waals surface area contributed by atoms with Gasteiger partial charge in [0.2, 0.25) is 11.8 Å². The average molecular weight is 311 g/mol. The molecule has 1 rings (SSSR count). The third kappa shape index (κ3) is 5.88. The van der Waals surface area contributed by atoms with Crippen LogP contribution in [-0.2, 0) is 14.3 Å². The largest absolute Gasteiger partial charge is 0.405 e. The van der Waals surface area contributed by atoms with Crippen LogP contribution in [-0.4, -0.2) is 68.8 Å². The molecule has 0 spiro atoms. The van der Waals surface area contributed by atoms with E-state index in [1.807, 2.05) is 6.92 Å². The molecule has 2 unspecified atom stereocenters. The summed E-state index contributed by atoms with van der Waals surface area (Å²) in [6.45, 7) is 1.40. The summed E-state index contributed by atoms with van der Waals surface area (Å²) < 4.78 is 41.2. The highest BCUT2D eigenvalue weighted by atomic mass is 19.4. The molecule has 2 amide bonds. The smallest absolute Gasteiger partial charge is 0.379 e. The van der Waals surface area contributed by atoms with E-state index >= 15 is 0 Å². The molecule has 122 valence electrons. The lowest BCUT2D eigenvalue weighted by Crippen LogP contribution is -2.47. The minimum absolute atomic E-state index is 0.136. The van der Waals surface area contributed by atoms with Crippen molar-refractivity contribution in [3.8, 4) is 0 Å². The summed E-state index contributed by atoms with van der Waals surface area (Å²) in [6.07, 6.45) is -4.46. The van der Waals surface area contributed by atoms with Gasteiger partial charge in [-0.3, -0.25) is 9.59 Å². The molecule has 21 heavy (non-hydrogen) atoms. The Hall–Kier alpha value is -1.35. The van der Waals surface area contributed by atoms with Crippen molar-refractivity contribution < 1.29 is 27.5 Å². The SMILES string of the molecule is CCNC1COCC1C(=O)N(C)CC(=O)NCC(F)(F)F. The Morgan fingerprint density at radius 2 is 2.00 bits per heavy atom. The molecule has 1 aliphatic heterocycles. The van der Waals surface area contributed by atoms with Gasteiger partial charge in [0.05, 0.1) is 25.7 Å². The van der Waals surface area contributed by atoms with E-state index in [1.54, 1.807) is 5.32 Å². The molecule has 1 fully saturated rings. The Kier molecular flexibility index (Phi) is 6.41. The van der Waals surface area contributed by atoms with Gasteiger partial charge in [-0.05, 0) is 6.54 Å². The van der Waals surface area contributed by atoms with Crippen molar-refractivity contribution >= 4 is 11.8 Å². The fourth-order valence-electron chi connectivity index (χ4n) is 2.09. The summed E-state index contributed by atoms with van der Waals surface area (Å²) in [6, 6.07) is -0.136. The Morgan fingerprint density at radius 1 is 1.33 bits per heavy atom. The van der Waals surface area contributed by atoms with Crippen LogP contribution in [0, 0.1) is 5.92 Å². The quantitative estimate of drug-likeness (QED) is 0.709. The van der Waals surface area contributed by atoms with Crippen LogP contribution in [0.4, 0.5) is 13.2 Å². The third-order valence-electron chi connectivity index (χ3n) is 3.11. The van der Waals surface area contributed by atoms with Crippen molar-refractivity contribution in [2.75, 3.05) is 39.9 Å². The Bertz CT molecular complexity index is 376. The van der Waals surface area contributed by atoms with Crippen LogP contribution >= 0.6 is 0 Å². The molecule has 1 saturated heterocycles. The van der Waals surface area contributed by atoms with E-state index in [2.05, 4.69) is 5.32 Å². The normalized spacial score (nSPS) is 22.1. The summed E-state index contributed by atoms with van der Waals surface area (Å²) in [4.78, 5) is 24.7. The number of carbonyl (C=O) groups is 2. The van der Waals surface area contributed by atoms with E-state index in [1.165, 1.54) is 7.05 Å². The highest BCUT2D eigenvalue weighted by molar-refractivity contribution is 5.86. The van der Waals surface area contributed by atoms with Crippen molar-refractivity contribution in [2.24, 2.45) is 5.92 Å². The molecule has 0 aromatic rings. The molecule has 0 radical (unpaired) electrons. The van der Waals surface area contributed by atoms with Gasteiger partial charge in [0.15, 0.2) is 0 Å². The Morgan fingerprint density at radius 3 is 2.57 bits per heavy atom. The molecule has 9 heteroatoms. The van der Waals surface area contributed by atoms with Crippen molar-refractivity contribution in [1.29, 1.82) is 0 Å². The molecule has 0 aliphatic carbocycles. The molecule has 1 aliphatic rings. The number of carbonyl (C=O) groups excluding carboxylic acids is 2. The number of ether oxygens (including phenoxy) is 1.